The van der Waals surface area contributed by atoms with Crippen molar-refractivity contribution in [1.82, 2.24) is 0 Å². The summed E-state index contributed by atoms with van der Waals surface area (Å²) in [6, 6.07) is 83.0. The Morgan fingerprint density at radius 1 is 0.343 bits per heavy atom. The van der Waals surface area contributed by atoms with E-state index in [-0.39, 0.29) is 10.8 Å². The molecule has 67 heavy (non-hydrogen) atoms. The van der Waals surface area contributed by atoms with E-state index in [1.165, 1.54) is 61.2 Å². The van der Waals surface area contributed by atoms with Crippen molar-refractivity contribution in [3.8, 4) is 56.0 Å². The fourth-order valence-corrected chi connectivity index (χ4v) is 12.3. The van der Waals surface area contributed by atoms with Gasteiger partial charge in [0.25, 0.3) is 0 Å². The highest BCUT2D eigenvalue weighted by atomic mass is 16.3. The van der Waals surface area contributed by atoms with Crippen LogP contribution in [-0.2, 0) is 16.2 Å². The molecule has 3 aliphatic rings. The van der Waals surface area contributed by atoms with Crippen molar-refractivity contribution in [3.63, 3.8) is 0 Å². The van der Waals surface area contributed by atoms with E-state index in [9.17, 15) is 0 Å². The van der Waals surface area contributed by atoms with Gasteiger partial charge in [0.15, 0.2) is 0 Å². The van der Waals surface area contributed by atoms with E-state index >= 15 is 0 Å². The number of hydrogen-bond donors (Lipinski definition) is 0. The van der Waals surface area contributed by atoms with Crippen LogP contribution in [0.15, 0.2) is 229 Å². The highest BCUT2D eigenvalue weighted by molar-refractivity contribution is 6.02. The van der Waals surface area contributed by atoms with Crippen LogP contribution in [-0.4, -0.2) is 0 Å². The number of benzene rings is 9. The molecule has 0 atom stereocenters. The molecule has 13 rings (SSSR count). The molecule has 0 radical (unpaired) electrons. The average molecular weight is 860 g/mol. The van der Waals surface area contributed by atoms with Gasteiger partial charge in [-0.25, -0.2) is 0 Å². The van der Waals surface area contributed by atoms with Gasteiger partial charge in [0.1, 0.15) is 11.5 Å². The minimum atomic E-state index is -0.803. The van der Waals surface area contributed by atoms with Gasteiger partial charge >= 0.3 is 0 Å². The fraction of sp³-hybridized carbons (Fsp3) is 0.108. The third-order valence-corrected chi connectivity index (χ3v) is 15.3. The fourth-order valence-electron chi connectivity index (χ4n) is 12.3. The lowest BCUT2D eigenvalue weighted by atomic mass is 9.66. The standard InChI is InChI=1S/C65H49NO/c1-63(2)53-33-19-17-30-48(53)50-38-36-46(40-55(50)63)66(47-37-39-51-49-31-18-20-34-54(49)64(3,4)56(51)41-47)57-35-21-32-52-58-60(62(43-24-11-6-12-25-43)67-61(58)42-22-9-5-10-23-42)65(59(52)57,44-26-13-7-14-27-44)45-28-15-8-16-29-45/h5-41H,1-4H3. The molecule has 10 aromatic rings. The molecule has 1 aromatic heterocycles. The lowest BCUT2D eigenvalue weighted by molar-refractivity contribution is 0.587. The minimum Gasteiger partial charge on any atom is -0.455 e. The van der Waals surface area contributed by atoms with Crippen molar-refractivity contribution in [2.45, 2.75) is 43.9 Å². The Morgan fingerprint density at radius 3 is 1.27 bits per heavy atom. The summed E-state index contributed by atoms with van der Waals surface area (Å²) in [4.78, 5) is 2.57. The van der Waals surface area contributed by atoms with Crippen LogP contribution in [0.25, 0.3) is 56.0 Å². The van der Waals surface area contributed by atoms with Gasteiger partial charge in [0.2, 0.25) is 0 Å². The Balaban J connectivity index is 1.17. The van der Waals surface area contributed by atoms with Gasteiger partial charge in [-0.05, 0) is 91.5 Å². The number of hydrogen-bond acceptors (Lipinski definition) is 2. The van der Waals surface area contributed by atoms with Crippen LogP contribution < -0.4 is 4.90 Å². The Bertz CT molecular complexity index is 3410. The van der Waals surface area contributed by atoms with Gasteiger partial charge in [0, 0.05) is 50.0 Å². The third-order valence-electron chi connectivity index (χ3n) is 15.3. The maximum Gasteiger partial charge on any atom is 0.142 e. The lowest BCUT2D eigenvalue weighted by Gasteiger charge is -2.38. The zero-order chi connectivity index (χ0) is 45.1. The summed E-state index contributed by atoms with van der Waals surface area (Å²) < 4.78 is 7.38. The van der Waals surface area contributed by atoms with Crippen molar-refractivity contribution < 1.29 is 4.42 Å². The van der Waals surface area contributed by atoms with E-state index in [4.69, 9.17) is 4.42 Å². The molecule has 3 aliphatic carbocycles. The molecule has 0 saturated carbocycles. The van der Waals surface area contributed by atoms with Crippen LogP contribution >= 0.6 is 0 Å². The van der Waals surface area contributed by atoms with E-state index in [2.05, 4.69) is 257 Å². The zero-order valence-corrected chi connectivity index (χ0v) is 38.2. The maximum absolute atomic E-state index is 7.38. The van der Waals surface area contributed by atoms with Crippen LogP contribution in [0.1, 0.15) is 72.2 Å². The second kappa shape index (κ2) is 14.5. The molecule has 0 unspecified atom stereocenters. The number of furan rings is 1. The Hall–Kier alpha value is -7.94. The van der Waals surface area contributed by atoms with Crippen LogP contribution in [0.4, 0.5) is 17.1 Å². The molecule has 0 N–H and O–H groups in total. The Labute approximate surface area is 393 Å². The van der Waals surface area contributed by atoms with Crippen molar-refractivity contribution in [2.75, 3.05) is 4.90 Å². The quantitative estimate of drug-likeness (QED) is 0.159. The van der Waals surface area contributed by atoms with Crippen molar-refractivity contribution in [2.24, 2.45) is 0 Å². The van der Waals surface area contributed by atoms with Crippen molar-refractivity contribution in [1.29, 1.82) is 0 Å². The number of fused-ring (bicyclic) bond motifs is 9. The molecule has 1 heterocycles. The highest BCUT2D eigenvalue weighted by Gasteiger charge is 2.53. The molecule has 0 amide bonds. The molecule has 320 valence electrons. The molecule has 9 aromatic carbocycles. The first-order valence-electron chi connectivity index (χ1n) is 23.6. The smallest absolute Gasteiger partial charge is 0.142 e. The Kier molecular flexibility index (Phi) is 8.55. The first-order valence-corrected chi connectivity index (χ1v) is 23.6. The van der Waals surface area contributed by atoms with Gasteiger partial charge in [-0.3, -0.25) is 0 Å². The summed E-state index contributed by atoms with van der Waals surface area (Å²) >= 11 is 0. The topological polar surface area (TPSA) is 16.4 Å². The third kappa shape index (κ3) is 5.50. The lowest BCUT2D eigenvalue weighted by Crippen LogP contribution is -2.31. The van der Waals surface area contributed by atoms with Gasteiger partial charge in [-0.2, -0.15) is 0 Å². The molecule has 2 nitrogen and oxygen atoms in total. The largest absolute Gasteiger partial charge is 0.455 e. The van der Waals surface area contributed by atoms with E-state index in [0.29, 0.717) is 0 Å². The predicted molar refractivity (Wildman–Crippen MR) is 277 cm³/mol. The molecule has 2 heteroatoms. The van der Waals surface area contributed by atoms with E-state index in [1.807, 2.05) is 0 Å². The summed E-state index contributed by atoms with van der Waals surface area (Å²) in [5.41, 5.74) is 22.0. The molecule has 0 saturated heterocycles. The maximum atomic E-state index is 7.38. The number of anilines is 3. The first-order chi connectivity index (χ1) is 32.8. The van der Waals surface area contributed by atoms with Gasteiger partial charge in [0.05, 0.1) is 11.1 Å². The highest BCUT2D eigenvalue weighted by Crippen LogP contribution is 2.65. The van der Waals surface area contributed by atoms with Crippen LogP contribution in [0.2, 0.25) is 0 Å². The van der Waals surface area contributed by atoms with Crippen LogP contribution in [0, 0.1) is 0 Å². The monoisotopic (exact) mass is 859 g/mol. The summed E-state index contributed by atoms with van der Waals surface area (Å²) in [6.07, 6.45) is 0. The molecular weight excluding hydrogens is 811 g/mol. The zero-order valence-electron chi connectivity index (χ0n) is 38.2. The molecule has 0 fully saturated rings. The van der Waals surface area contributed by atoms with Crippen molar-refractivity contribution >= 4 is 17.1 Å². The van der Waals surface area contributed by atoms with Gasteiger partial charge in [-0.15, -0.1) is 0 Å². The van der Waals surface area contributed by atoms with E-state index < -0.39 is 5.41 Å². The van der Waals surface area contributed by atoms with Crippen LogP contribution in [0.3, 0.4) is 0 Å². The minimum absolute atomic E-state index is 0.190. The van der Waals surface area contributed by atoms with Gasteiger partial charge in [-0.1, -0.05) is 222 Å². The summed E-state index contributed by atoms with van der Waals surface area (Å²) in [5, 5.41) is 0. The van der Waals surface area contributed by atoms with E-state index in [0.717, 1.165) is 56.4 Å². The average Bonchev–Trinajstić information content (AvgIpc) is 4.06. The predicted octanol–water partition coefficient (Wildman–Crippen LogP) is 17.1. The second-order valence-electron chi connectivity index (χ2n) is 19.6. The number of nitrogens with zero attached hydrogens (tertiary/aromatic N) is 1. The first kappa shape index (κ1) is 39.4. The summed E-state index contributed by atoms with van der Waals surface area (Å²) in [6.45, 7) is 9.53. The SMILES string of the molecule is CC1(C)c2ccccc2-c2ccc(N(c3ccc4c(c3)C(C)(C)c3ccccc3-4)c3cccc4c3C(c3ccccc3)(c3ccccc3)c3c(-c5ccccc5)oc(-c5ccccc5)c3-4)cc21. The molecule has 0 bridgehead atoms. The summed E-state index contributed by atoms with van der Waals surface area (Å²) in [5.74, 6) is 1.76. The Morgan fingerprint density at radius 2 is 0.761 bits per heavy atom. The normalized spacial score (nSPS) is 14.9. The van der Waals surface area contributed by atoms with Crippen molar-refractivity contribution in [3.05, 3.63) is 269 Å². The summed E-state index contributed by atoms with van der Waals surface area (Å²) in [7, 11) is 0. The molecule has 0 aliphatic heterocycles. The molecular formula is C65H49NO. The van der Waals surface area contributed by atoms with Gasteiger partial charge < -0.3 is 9.32 Å². The van der Waals surface area contributed by atoms with E-state index in [1.54, 1.807) is 0 Å². The van der Waals surface area contributed by atoms with Crippen LogP contribution in [0.5, 0.6) is 0 Å². The number of rotatable bonds is 7. The molecule has 0 spiro atoms. The second-order valence-corrected chi connectivity index (χ2v) is 19.6.